The average molecular weight is 219 g/mol. The summed E-state index contributed by atoms with van der Waals surface area (Å²) in [7, 11) is 1.73. The minimum atomic E-state index is 0.653. The first kappa shape index (κ1) is 11.3. The Labute approximate surface area is 98.0 Å². The van der Waals surface area contributed by atoms with Crippen LogP contribution in [0.25, 0.3) is 0 Å². The molecule has 88 valence electrons. The molecule has 2 rings (SSSR count). The number of nitrogens with one attached hydrogen (secondary N) is 1. The normalized spacial score (nSPS) is 18.4. The zero-order valence-corrected chi connectivity index (χ0v) is 10.4. The third-order valence-corrected chi connectivity index (χ3v) is 3.79. The van der Waals surface area contributed by atoms with Crippen molar-refractivity contribution in [2.45, 2.75) is 32.6 Å². The number of hydrogen-bond acceptors (Lipinski definition) is 2. The number of ether oxygens (including phenoxy) is 1. The van der Waals surface area contributed by atoms with Gasteiger partial charge in [0, 0.05) is 18.2 Å². The number of methoxy groups -OCH3 is 1. The first-order valence-electron chi connectivity index (χ1n) is 6.21. The first-order chi connectivity index (χ1) is 7.80. The predicted molar refractivity (Wildman–Crippen MR) is 68.3 cm³/mol. The van der Waals surface area contributed by atoms with E-state index in [1.54, 1.807) is 7.11 Å². The van der Waals surface area contributed by atoms with E-state index in [2.05, 4.69) is 31.3 Å². The van der Waals surface area contributed by atoms with E-state index in [0.717, 1.165) is 18.2 Å². The van der Waals surface area contributed by atoms with Crippen molar-refractivity contribution in [3.63, 3.8) is 0 Å². The Balaban J connectivity index is 2.29. The number of fused-ring (bicyclic) bond motifs is 1. The van der Waals surface area contributed by atoms with Gasteiger partial charge < -0.3 is 10.1 Å². The van der Waals surface area contributed by atoms with E-state index in [1.165, 1.54) is 24.1 Å². The number of rotatable bonds is 4. The second kappa shape index (κ2) is 4.77. The number of anilines is 1. The maximum absolute atomic E-state index is 5.31. The van der Waals surface area contributed by atoms with Crippen LogP contribution in [0.15, 0.2) is 18.2 Å². The molecule has 0 saturated carbocycles. The van der Waals surface area contributed by atoms with Gasteiger partial charge in [0.25, 0.3) is 0 Å². The Kier molecular flexibility index (Phi) is 3.37. The van der Waals surface area contributed by atoms with Crippen molar-refractivity contribution in [1.82, 2.24) is 0 Å². The Morgan fingerprint density at radius 2 is 2.12 bits per heavy atom. The van der Waals surface area contributed by atoms with Gasteiger partial charge in [-0.25, -0.2) is 0 Å². The van der Waals surface area contributed by atoms with E-state index >= 15 is 0 Å². The van der Waals surface area contributed by atoms with Gasteiger partial charge in [-0.3, -0.25) is 0 Å². The number of hydrogen-bond donors (Lipinski definition) is 1. The van der Waals surface area contributed by atoms with Crippen LogP contribution >= 0.6 is 0 Å². The fourth-order valence-electron chi connectivity index (χ4n) is 2.74. The van der Waals surface area contributed by atoms with Crippen LogP contribution in [0.1, 0.15) is 38.2 Å². The van der Waals surface area contributed by atoms with Gasteiger partial charge in [0.15, 0.2) is 0 Å². The smallest absolute Gasteiger partial charge is 0.119 e. The zero-order valence-electron chi connectivity index (χ0n) is 10.4. The molecule has 1 atom stereocenters. The third-order valence-electron chi connectivity index (χ3n) is 3.79. The first-order valence-corrected chi connectivity index (χ1v) is 6.21. The molecule has 0 aliphatic carbocycles. The third kappa shape index (κ3) is 1.89. The van der Waals surface area contributed by atoms with Gasteiger partial charge in [-0.05, 0) is 29.7 Å². The molecule has 2 heteroatoms. The number of benzene rings is 1. The molecule has 0 amide bonds. The summed E-state index contributed by atoms with van der Waals surface area (Å²) in [5, 5.41) is 3.50. The quantitative estimate of drug-likeness (QED) is 0.834. The average Bonchev–Trinajstić information content (AvgIpc) is 2.74. The standard InChI is InChI=1S/C14H21NO/c1-4-10(5-2)13-9-15-14-7-6-11(16-3)8-12(13)14/h6-8,10,13,15H,4-5,9H2,1-3H3. The van der Waals surface area contributed by atoms with Crippen molar-refractivity contribution in [2.24, 2.45) is 5.92 Å². The van der Waals surface area contributed by atoms with Gasteiger partial charge in [-0.2, -0.15) is 0 Å². The molecule has 1 unspecified atom stereocenters. The largest absolute Gasteiger partial charge is 0.497 e. The Hall–Kier alpha value is -1.18. The molecule has 1 aliphatic rings. The second-order valence-corrected chi connectivity index (χ2v) is 4.52. The fourth-order valence-corrected chi connectivity index (χ4v) is 2.74. The monoisotopic (exact) mass is 219 g/mol. The van der Waals surface area contributed by atoms with Gasteiger partial charge in [-0.15, -0.1) is 0 Å². The maximum Gasteiger partial charge on any atom is 0.119 e. The van der Waals surface area contributed by atoms with Crippen LogP contribution in [0.4, 0.5) is 5.69 Å². The molecule has 1 aromatic carbocycles. The lowest BCUT2D eigenvalue weighted by Crippen LogP contribution is -2.13. The highest BCUT2D eigenvalue weighted by Gasteiger charge is 2.27. The summed E-state index contributed by atoms with van der Waals surface area (Å²) in [6, 6.07) is 6.36. The van der Waals surface area contributed by atoms with Gasteiger partial charge in [0.2, 0.25) is 0 Å². The van der Waals surface area contributed by atoms with E-state index in [1.807, 2.05) is 6.07 Å². The molecule has 16 heavy (non-hydrogen) atoms. The van der Waals surface area contributed by atoms with E-state index in [0.29, 0.717) is 5.92 Å². The van der Waals surface area contributed by atoms with Crippen molar-refractivity contribution in [2.75, 3.05) is 19.0 Å². The molecule has 0 spiro atoms. The van der Waals surface area contributed by atoms with Crippen LogP contribution in [-0.4, -0.2) is 13.7 Å². The molecular formula is C14H21NO. The topological polar surface area (TPSA) is 21.3 Å². The van der Waals surface area contributed by atoms with Gasteiger partial charge >= 0.3 is 0 Å². The summed E-state index contributed by atoms with van der Waals surface area (Å²) in [4.78, 5) is 0. The van der Waals surface area contributed by atoms with Crippen molar-refractivity contribution < 1.29 is 4.74 Å². The zero-order chi connectivity index (χ0) is 11.5. The van der Waals surface area contributed by atoms with Crippen LogP contribution in [0.3, 0.4) is 0 Å². The molecular weight excluding hydrogens is 198 g/mol. The fraction of sp³-hybridized carbons (Fsp3) is 0.571. The SMILES string of the molecule is CCC(CC)C1CNc2ccc(OC)cc21. The minimum absolute atomic E-state index is 0.653. The minimum Gasteiger partial charge on any atom is -0.497 e. The van der Waals surface area contributed by atoms with Crippen LogP contribution in [0, 0.1) is 5.92 Å². The molecule has 1 aliphatic heterocycles. The van der Waals surface area contributed by atoms with Crippen LogP contribution in [0.5, 0.6) is 5.75 Å². The summed E-state index contributed by atoms with van der Waals surface area (Å²) in [6.45, 7) is 5.65. The molecule has 0 radical (unpaired) electrons. The molecule has 0 aromatic heterocycles. The van der Waals surface area contributed by atoms with Gasteiger partial charge in [0.05, 0.1) is 7.11 Å². The predicted octanol–water partition coefficient (Wildman–Crippen LogP) is 3.64. The lowest BCUT2D eigenvalue weighted by atomic mass is 9.84. The van der Waals surface area contributed by atoms with E-state index in [-0.39, 0.29) is 0 Å². The summed E-state index contributed by atoms with van der Waals surface area (Å²) in [5.74, 6) is 2.40. The molecule has 0 fully saturated rings. The highest BCUT2D eigenvalue weighted by Crippen LogP contribution is 2.40. The van der Waals surface area contributed by atoms with Crippen molar-refractivity contribution in [1.29, 1.82) is 0 Å². The lowest BCUT2D eigenvalue weighted by Gasteiger charge is -2.20. The van der Waals surface area contributed by atoms with Crippen LogP contribution < -0.4 is 10.1 Å². The molecule has 1 aromatic rings. The van der Waals surface area contributed by atoms with Crippen LogP contribution in [-0.2, 0) is 0 Å². The van der Waals surface area contributed by atoms with E-state index in [4.69, 9.17) is 4.74 Å². The van der Waals surface area contributed by atoms with E-state index in [9.17, 15) is 0 Å². The molecule has 0 saturated heterocycles. The molecule has 1 heterocycles. The Morgan fingerprint density at radius 3 is 2.75 bits per heavy atom. The van der Waals surface area contributed by atoms with Gasteiger partial charge in [0.1, 0.15) is 5.75 Å². The second-order valence-electron chi connectivity index (χ2n) is 4.52. The van der Waals surface area contributed by atoms with E-state index < -0.39 is 0 Å². The molecule has 2 nitrogen and oxygen atoms in total. The van der Waals surface area contributed by atoms with Crippen LogP contribution in [0.2, 0.25) is 0 Å². The lowest BCUT2D eigenvalue weighted by molar-refractivity contribution is 0.405. The Bertz CT molecular complexity index is 358. The summed E-state index contributed by atoms with van der Waals surface area (Å²) >= 11 is 0. The maximum atomic E-state index is 5.31. The van der Waals surface area contributed by atoms with Gasteiger partial charge in [-0.1, -0.05) is 26.7 Å². The summed E-state index contributed by atoms with van der Waals surface area (Å²) < 4.78 is 5.31. The summed E-state index contributed by atoms with van der Waals surface area (Å²) in [6.07, 6.45) is 2.50. The van der Waals surface area contributed by atoms with Crippen molar-refractivity contribution in [3.8, 4) is 5.75 Å². The highest BCUT2D eigenvalue weighted by molar-refractivity contribution is 5.60. The molecule has 1 N–H and O–H groups in total. The summed E-state index contributed by atoms with van der Waals surface area (Å²) in [5.41, 5.74) is 2.73. The van der Waals surface area contributed by atoms with Crippen molar-refractivity contribution >= 4 is 5.69 Å². The highest BCUT2D eigenvalue weighted by atomic mass is 16.5. The van der Waals surface area contributed by atoms with Crippen molar-refractivity contribution in [3.05, 3.63) is 23.8 Å². The molecule has 0 bridgehead atoms. The Morgan fingerprint density at radius 1 is 1.38 bits per heavy atom.